The fourth-order valence-electron chi connectivity index (χ4n) is 6.29. The molecule has 3 atom stereocenters. The maximum atomic E-state index is 14.6. The maximum Gasteiger partial charge on any atom is 0.306 e. The normalized spacial score (nSPS) is 22.4. The number of likely N-dealkylation sites (tertiary alicyclic amines) is 1. The highest BCUT2D eigenvalue weighted by atomic mass is 16.5. The van der Waals surface area contributed by atoms with Crippen molar-refractivity contribution in [3.63, 3.8) is 0 Å². The number of amides is 2. The number of rotatable bonds is 8. The van der Waals surface area contributed by atoms with E-state index in [0.29, 0.717) is 60.0 Å². The molecular weight excluding hydrogens is 556 g/mol. The van der Waals surface area contributed by atoms with Gasteiger partial charge < -0.3 is 34.1 Å². The van der Waals surface area contributed by atoms with E-state index in [2.05, 4.69) is 0 Å². The average molecular weight is 597 g/mol. The van der Waals surface area contributed by atoms with E-state index in [-0.39, 0.29) is 25.5 Å². The van der Waals surface area contributed by atoms with E-state index in [1.807, 2.05) is 45.0 Å². The predicted octanol–water partition coefficient (Wildman–Crippen LogP) is 3.33. The summed E-state index contributed by atoms with van der Waals surface area (Å²) in [5, 5.41) is 19.7. The number of methoxy groups -OCH3 is 2. The van der Waals surface area contributed by atoms with Gasteiger partial charge in [-0.05, 0) is 37.5 Å². The Bertz CT molecular complexity index is 1400. The lowest BCUT2D eigenvalue weighted by Crippen LogP contribution is -2.58. The van der Waals surface area contributed by atoms with Crippen LogP contribution in [0.15, 0.2) is 30.3 Å². The summed E-state index contributed by atoms with van der Waals surface area (Å²) in [6.07, 6.45) is -1.53. The Hall–Kier alpha value is -3.83. The second-order valence-corrected chi connectivity index (χ2v) is 12.2. The summed E-state index contributed by atoms with van der Waals surface area (Å²) < 4.78 is 24.3. The minimum Gasteiger partial charge on any atom is -0.493 e. The van der Waals surface area contributed by atoms with Crippen LogP contribution in [0.1, 0.15) is 55.9 Å². The first-order valence-electron chi connectivity index (χ1n) is 14.6. The number of anilines is 1. The van der Waals surface area contributed by atoms with E-state index < -0.39 is 41.5 Å². The molecule has 232 valence electrons. The lowest BCUT2D eigenvalue weighted by molar-refractivity contribution is -0.148. The molecule has 0 aromatic heterocycles. The predicted molar refractivity (Wildman–Crippen MR) is 157 cm³/mol. The molecule has 0 saturated carbocycles. The van der Waals surface area contributed by atoms with Crippen molar-refractivity contribution in [2.24, 2.45) is 11.3 Å². The summed E-state index contributed by atoms with van der Waals surface area (Å²) >= 11 is 0. The number of para-hydroxylation sites is 1. The van der Waals surface area contributed by atoms with Crippen molar-refractivity contribution < 1.29 is 43.5 Å². The Kier molecular flexibility index (Phi) is 8.58. The van der Waals surface area contributed by atoms with Crippen molar-refractivity contribution in [1.82, 2.24) is 4.90 Å². The van der Waals surface area contributed by atoms with Gasteiger partial charge in [0.2, 0.25) is 5.91 Å². The van der Waals surface area contributed by atoms with Crippen LogP contribution in [0.3, 0.4) is 0 Å². The summed E-state index contributed by atoms with van der Waals surface area (Å²) in [4.78, 5) is 42.9. The number of aliphatic hydroxyl groups is 1. The van der Waals surface area contributed by atoms with Gasteiger partial charge in [0.1, 0.15) is 24.6 Å². The number of carbonyl (C=O) groups is 3. The van der Waals surface area contributed by atoms with Crippen molar-refractivity contribution in [3.8, 4) is 17.2 Å². The number of hydrogen-bond donors (Lipinski definition) is 2. The topological polar surface area (TPSA) is 135 Å². The Morgan fingerprint density at radius 2 is 1.81 bits per heavy atom. The number of nitrogens with zero attached hydrogens (tertiary/aromatic N) is 2. The number of benzene rings is 2. The number of ether oxygens (including phenoxy) is 4. The van der Waals surface area contributed by atoms with Gasteiger partial charge in [0.05, 0.1) is 44.9 Å². The number of aryl methyl sites for hydroxylation is 1. The number of carbonyl (C=O) groups excluding carboxylic acids is 2. The fraction of sp³-hybridized carbons (Fsp3) is 0.531. The monoisotopic (exact) mass is 596 g/mol. The molecule has 5 rings (SSSR count). The number of aliphatic hydroxyl groups excluding tert-OH is 1. The molecule has 0 aliphatic carbocycles. The molecule has 1 saturated heterocycles. The Morgan fingerprint density at radius 1 is 1.09 bits per heavy atom. The molecule has 3 aliphatic rings. The van der Waals surface area contributed by atoms with Crippen molar-refractivity contribution in [2.75, 3.05) is 45.4 Å². The fourth-order valence-corrected chi connectivity index (χ4v) is 6.29. The molecule has 0 bridgehead atoms. The highest BCUT2D eigenvalue weighted by Crippen LogP contribution is 2.51. The minimum atomic E-state index is -1.18. The second kappa shape index (κ2) is 12.0. The molecule has 0 radical (unpaired) electrons. The van der Waals surface area contributed by atoms with Gasteiger partial charge in [-0.1, -0.05) is 32.0 Å². The van der Waals surface area contributed by atoms with Gasteiger partial charge in [-0.25, -0.2) is 0 Å². The summed E-state index contributed by atoms with van der Waals surface area (Å²) in [5.74, 6) is -0.593. The zero-order valence-corrected chi connectivity index (χ0v) is 25.3. The smallest absolute Gasteiger partial charge is 0.306 e. The molecule has 0 unspecified atom stereocenters. The van der Waals surface area contributed by atoms with E-state index in [0.717, 1.165) is 5.56 Å². The van der Waals surface area contributed by atoms with Crippen LogP contribution in [0.2, 0.25) is 0 Å². The lowest BCUT2D eigenvalue weighted by Gasteiger charge is -2.45. The second-order valence-electron chi connectivity index (χ2n) is 12.2. The molecule has 3 aliphatic heterocycles. The molecule has 2 N–H and O–H groups in total. The van der Waals surface area contributed by atoms with Crippen molar-refractivity contribution >= 4 is 23.5 Å². The highest BCUT2D eigenvalue weighted by molar-refractivity contribution is 6.02. The van der Waals surface area contributed by atoms with Crippen LogP contribution < -0.4 is 19.1 Å². The summed E-state index contributed by atoms with van der Waals surface area (Å²) in [5.41, 5.74) is 1.99. The van der Waals surface area contributed by atoms with Crippen LogP contribution in [0.5, 0.6) is 17.2 Å². The molecular formula is C32H40N2O9. The molecule has 0 spiro atoms. The Labute approximate surface area is 251 Å². The van der Waals surface area contributed by atoms with Crippen LogP contribution in [0, 0.1) is 18.3 Å². The number of aliphatic carboxylic acids is 1. The van der Waals surface area contributed by atoms with E-state index in [1.54, 1.807) is 23.0 Å². The van der Waals surface area contributed by atoms with Crippen molar-refractivity contribution in [2.45, 2.75) is 58.3 Å². The van der Waals surface area contributed by atoms with Crippen LogP contribution in [-0.4, -0.2) is 85.6 Å². The molecule has 11 heteroatoms. The van der Waals surface area contributed by atoms with Crippen molar-refractivity contribution in [3.05, 3.63) is 47.0 Å². The first-order valence-corrected chi connectivity index (χ1v) is 14.6. The first kappa shape index (κ1) is 30.6. The molecule has 3 heterocycles. The van der Waals surface area contributed by atoms with Gasteiger partial charge in [0.15, 0.2) is 11.5 Å². The van der Waals surface area contributed by atoms with Gasteiger partial charge >= 0.3 is 5.97 Å². The van der Waals surface area contributed by atoms with Crippen LogP contribution in [-0.2, 0) is 19.1 Å². The van der Waals surface area contributed by atoms with E-state index >= 15 is 0 Å². The van der Waals surface area contributed by atoms with Crippen LogP contribution in [0.25, 0.3) is 0 Å². The molecule has 2 aromatic rings. The molecule has 43 heavy (non-hydrogen) atoms. The summed E-state index contributed by atoms with van der Waals surface area (Å²) in [6.45, 7) is 6.23. The van der Waals surface area contributed by atoms with Gasteiger partial charge in [0.25, 0.3) is 5.91 Å². The first-order chi connectivity index (χ1) is 20.5. The quantitative estimate of drug-likeness (QED) is 0.471. The van der Waals surface area contributed by atoms with Gasteiger partial charge in [0, 0.05) is 29.6 Å². The third-order valence-corrected chi connectivity index (χ3v) is 8.88. The van der Waals surface area contributed by atoms with Crippen LogP contribution in [0.4, 0.5) is 5.69 Å². The van der Waals surface area contributed by atoms with E-state index in [1.165, 1.54) is 7.11 Å². The van der Waals surface area contributed by atoms with Crippen molar-refractivity contribution in [1.29, 1.82) is 0 Å². The third kappa shape index (κ3) is 5.63. The van der Waals surface area contributed by atoms with Gasteiger partial charge in [-0.2, -0.15) is 0 Å². The summed E-state index contributed by atoms with van der Waals surface area (Å²) in [6, 6.07) is 8.70. The Morgan fingerprint density at radius 3 is 2.44 bits per heavy atom. The zero-order chi connectivity index (χ0) is 31.1. The number of hydrogen-bond acceptors (Lipinski definition) is 8. The molecule has 2 aromatic carbocycles. The van der Waals surface area contributed by atoms with Gasteiger partial charge in [-0.15, -0.1) is 0 Å². The standard InChI is InChI=1S/C32H40N2O9/c1-18-13-21-27-23(14-18)42-16-25(32(2,3)17-35)34(27)30(37)24(15-26(36)33-11-9-19(10-12-33)31(38)39)43-28(21)20-7-6-8-22(40-4)29(20)41-5/h6-8,13-14,19,24-25,28,35H,9-12,15-17H2,1-5H3,(H,38,39)/t24-,25+,28-/m1/s1. The third-order valence-electron chi connectivity index (χ3n) is 8.88. The number of piperidine rings is 1. The zero-order valence-electron chi connectivity index (χ0n) is 25.3. The minimum absolute atomic E-state index is 0.158. The molecule has 11 nitrogen and oxygen atoms in total. The molecule has 2 amide bonds. The van der Waals surface area contributed by atoms with Crippen LogP contribution >= 0.6 is 0 Å². The number of carboxylic acids is 1. The van der Waals surface area contributed by atoms with E-state index in [4.69, 9.17) is 18.9 Å². The Balaban J connectivity index is 1.62. The largest absolute Gasteiger partial charge is 0.493 e. The van der Waals surface area contributed by atoms with E-state index in [9.17, 15) is 24.6 Å². The SMILES string of the molecule is COc1cccc([C@H]2O[C@H](CC(=O)N3CCC(C(=O)O)CC3)C(=O)N3c4c(cc(C)cc42)OC[C@H]3C(C)(C)CO)c1OC. The van der Waals surface area contributed by atoms with Gasteiger partial charge in [-0.3, -0.25) is 19.3 Å². The molecule has 1 fully saturated rings. The lowest BCUT2D eigenvalue weighted by atomic mass is 9.82. The summed E-state index contributed by atoms with van der Waals surface area (Å²) in [7, 11) is 3.08. The maximum absolute atomic E-state index is 14.6. The highest BCUT2D eigenvalue weighted by Gasteiger charge is 2.49. The number of carboxylic acid groups (broad SMARTS) is 1. The average Bonchev–Trinajstić information content (AvgIpc) is 3.11.